The number of aromatic carboxylic acids is 1. The molecule has 0 amide bonds. The second-order valence-corrected chi connectivity index (χ2v) is 5.21. The zero-order valence-corrected chi connectivity index (χ0v) is 9.80. The Hall–Kier alpha value is -1.51. The number of nitrogens with zero attached hydrogens (tertiary/aromatic N) is 1. The molecule has 0 radical (unpaired) electrons. The summed E-state index contributed by atoms with van der Waals surface area (Å²) in [5.41, 5.74) is 1.46. The van der Waals surface area contributed by atoms with Crippen molar-refractivity contribution in [1.29, 1.82) is 0 Å². The average molecular weight is 231 g/mol. The van der Waals surface area contributed by atoms with Crippen LogP contribution in [0.3, 0.4) is 0 Å². The lowest BCUT2D eigenvalue weighted by molar-refractivity contribution is 0.0697. The molecule has 1 aromatic carbocycles. The van der Waals surface area contributed by atoms with Crippen LogP contribution in [0, 0.1) is 11.8 Å². The first kappa shape index (κ1) is 10.6. The van der Waals surface area contributed by atoms with Crippen molar-refractivity contribution < 1.29 is 9.90 Å². The third-order valence-electron chi connectivity index (χ3n) is 4.18. The largest absolute Gasteiger partial charge is 0.478 e. The minimum absolute atomic E-state index is 0.388. The fraction of sp³-hybridized carbons (Fsp3) is 0.500. The molecule has 3 rings (SSSR count). The van der Waals surface area contributed by atoms with Crippen LogP contribution in [0.25, 0.3) is 0 Å². The number of fused-ring (bicyclic) bond motifs is 1. The molecule has 2 atom stereocenters. The van der Waals surface area contributed by atoms with Crippen molar-refractivity contribution in [3.63, 3.8) is 0 Å². The van der Waals surface area contributed by atoms with Gasteiger partial charge in [-0.3, -0.25) is 0 Å². The molecule has 0 bridgehead atoms. The highest BCUT2D eigenvalue weighted by molar-refractivity contribution is 5.88. The number of rotatable bonds is 2. The Labute approximate surface area is 101 Å². The molecule has 0 spiro atoms. The minimum atomic E-state index is -0.841. The Balaban J connectivity index is 1.81. The van der Waals surface area contributed by atoms with Crippen LogP contribution in [0.4, 0.5) is 5.69 Å². The lowest BCUT2D eigenvalue weighted by atomic mass is 10.0. The van der Waals surface area contributed by atoms with E-state index in [1.807, 2.05) is 12.1 Å². The van der Waals surface area contributed by atoms with Crippen molar-refractivity contribution >= 4 is 11.7 Å². The highest BCUT2D eigenvalue weighted by Gasteiger charge is 2.36. The molecule has 1 aliphatic carbocycles. The molecule has 17 heavy (non-hydrogen) atoms. The SMILES string of the molecule is O=C(O)c1cccc(N2CC3CCCC3C2)c1. The Kier molecular flexibility index (Phi) is 2.54. The first-order valence-electron chi connectivity index (χ1n) is 6.32. The van der Waals surface area contributed by atoms with Crippen LogP contribution >= 0.6 is 0 Å². The summed E-state index contributed by atoms with van der Waals surface area (Å²) in [5.74, 6) is 0.832. The molecule has 1 aliphatic heterocycles. The van der Waals surface area contributed by atoms with Gasteiger partial charge in [-0.1, -0.05) is 12.5 Å². The quantitative estimate of drug-likeness (QED) is 0.850. The molecule has 3 heteroatoms. The van der Waals surface area contributed by atoms with Crippen LogP contribution < -0.4 is 4.90 Å². The molecule has 1 saturated heterocycles. The summed E-state index contributed by atoms with van der Waals surface area (Å²) in [5, 5.41) is 8.99. The number of hydrogen-bond donors (Lipinski definition) is 1. The van der Waals surface area contributed by atoms with Crippen LogP contribution in [0.5, 0.6) is 0 Å². The number of hydrogen-bond acceptors (Lipinski definition) is 2. The van der Waals surface area contributed by atoms with Gasteiger partial charge < -0.3 is 10.0 Å². The Bertz CT molecular complexity index is 432. The number of carbonyl (C=O) groups is 1. The summed E-state index contributed by atoms with van der Waals surface area (Å²) in [4.78, 5) is 13.3. The van der Waals surface area contributed by atoms with Crippen LogP contribution in [-0.4, -0.2) is 24.2 Å². The van der Waals surface area contributed by atoms with Gasteiger partial charge in [0.25, 0.3) is 0 Å². The van der Waals surface area contributed by atoms with E-state index in [1.54, 1.807) is 12.1 Å². The van der Waals surface area contributed by atoms with E-state index < -0.39 is 5.97 Å². The van der Waals surface area contributed by atoms with Gasteiger partial charge in [-0.2, -0.15) is 0 Å². The summed E-state index contributed by atoms with van der Waals surface area (Å²) in [6.45, 7) is 2.21. The fourth-order valence-electron chi connectivity index (χ4n) is 3.28. The molecule has 90 valence electrons. The Morgan fingerprint density at radius 2 is 1.94 bits per heavy atom. The maximum absolute atomic E-state index is 10.9. The summed E-state index contributed by atoms with van der Waals surface area (Å²) in [6, 6.07) is 7.31. The van der Waals surface area contributed by atoms with Crippen molar-refractivity contribution in [2.45, 2.75) is 19.3 Å². The monoisotopic (exact) mass is 231 g/mol. The van der Waals surface area contributed by atoms with Gasteiger partial charge >= 0.3 is 5.97 Å². The minimum Gasteiger partial charge on any atom is -0.478 e. The number of benzene rings is 1. The van der Waals surface area contributed by atoms with Crippen molar-refractivity contribution in [2.75, 3.05) is 18.0 Å². The van der Waals surface area contributed by atoms with Gasteiger partial charge in [0.1, 0.15) is 0 Å². The molecule has 0 aromatic heterocycles. The van der Waals surface area contributed by atoms with Gasteiger partial charge in [0.05, 0.1) is 5.56 Å². The topological polar surface area (TPSA) is 40.5 Å². The van der Waals surface area contributed by atoms with E-state index in [0.29, 0.717) is 5.56 Å². The summed E-state index contributed by atoms with van der Waals surface area (Å²) in [7, 11) is 0. The molecule has 1 aromatic rings. The zero-order chi connectivity index (χ0) is 11.8. The predicted octanol–water partition coefficient (Wildman–Crippen LogP) is 2.62. The lowest BCUT2D eigenvalue weighted by Crippen LogP contribution is -2.20. The Morgan fingerprint density at radius 1 is 1.24 bits per heavy atom. The van der Waals surface area contributed by atoms with Crippen LogP contribution in [-0.2, 0) is 0 Å². The van der Waals surface area contributed by atoms with E-state index in [4.69, 9.17) is 5.11 Å². The van der Waals surface area contributed by atoms with Crippen molar-refractivity contribution in [3.05, 3.63) is 29.8 Å². The van der Waals surface area contributed by atoms with E-state index in [2.05, 4.69) is 4.90 Å². The first-order chi connectivity index (χ1) is 8.24. The summed E-state index contributed by atoms with van der Waals surface area (Å²) in [6.07, 6.45) is 4.07. The van der Waals surface area contributed by atoms with Gasteiger partial charge in [0.2, 0.25) is 0 Å². The molecule has 1 heterocycles. The molecular weight excluding hydrogens is 214 g/mol. The highest BCUT2D eigenvalue weighted by atomic mass is 16.4. The molecule has 1 saturated carbocycles. The third-order valence-corrected chi connectivity index (χ3v) is 4.18. The number of carboxylic acids is 1. The zero-order valence-electron chi connectivity index (χ0n) is 9.80. The normalized spacial score (nSPS) is 27.2. The molecule has 1 N–H and O–H groups in total. The lowest BCUT2D eigenvalue weighted by Gasteiger charge is -2.19. The predicted molar refractivity (Wildman–Crippen MR) is 66.4 cm³/mol. The molecule has 2 fully saturated rings. The van der Waals surface area contributed by atoms with Crippen LogP contribution in [0.2, 0.25) is 0 Å². The summed E-state index contributed by atoms with van der Waals surface area (Å²) < 4.78 is 0. The van der Waals surface area contributed by atoms with Crippen molar-refractivity contribution in [2.24, 2.45) is 11.8 Å². The first-order valence-corrected chi connectivity index (χ1v) is 6.32. The smallest absolute Gasteiger partial charge is 0.335 e. The molecular formula is C14H17NO2. The van der Waals surface area contributed by atoms with Crippen molar-refractivity contribution in [1.82, 2.24) is 0 Å². The summed E-state index contributed by atoms with van der Waals surface area (Å²) >= 11 is 0. The highest BCUT2D eigenvalue weighted by Crippen LogP contribution is 2.39. The number of anilines is 1. The fourth-order valence-corrected chi connectivity index (χ4v) is 3.28. The van der Waals surface area contributed by atoms with E-state index in [1.165, 1.54) is 19.3 Å². The van der Waals surface area contributed by atoms with Crippen LogP contribution in [0.15, 0.2) is 24.3 Å². The van der Waals surface area contributed by atoms with E-state index >= 15 is 0 Å². The standard InChI is InChI=1S/C14H17NO2/c16-14(17)10-3-2-6-13(7-10)15-8-11-4-1-5-12(11)9-15/h2-3,6-7,11-12H,1,4-5,8-9H2,(H,16,17). The van der Waals surface area contributed by atoms with Gasteiger partial charge in [-0.05, 0) is 42.9 Å². The van der Waals surface area contributed by atoms with E-state index in [9.17, 15) is 4.79 Å². The molecule has 2 unspecified atom stereocenters. The number of carboxylic acid groups (broad SMARTS) is 1. The van der Waals surface area contributed by atoms with Gasteiger partial charge in [-0.25, -0.2) is 4.79 Å². The average Bonchev–Trinajstić information content (AvgIpc) is 2.89. The van der Waals surface area contributed by atoms with E-state index in [-0.39, 0.29) is 0 Å². The van der Waals surface area contributed by atoms with Crippen molar-refractivity contribution in [3.8, 4) is 0 Å². The van der Waals surface area contributed by atoms with Gasteiger partial charge in [-0.15, -0.1) is 0 Å². The third kappa shape index (κ3) is 1.90. The second-order valence-electron chi connectivity index (χ2n) is 5.21. The molecule has 3 nitrogen and oxygen atoms in total. The second kappa shape index (κ2) is 4.06. The maximum Gasteiger partial charge on any atom is 0.335 e. The maximum atomic E-state index is 10.9. The van der Waals surface area contributed by atoms with Gasteiger partial charge in [0.15, 0.2) is 0 Å². The van der Waals surface area contributed by atoms with Crippen LogP contribution in [0.1, 0.15) is 29.6 Å². The molecule has 2 aliphatic rings. The van der Waals surface area contributed by atoms with Gasteiger partial charge in [0, 0.05) is 18.8 Å². The Morgan fingerprint density at radius 3 is 2.59 bits per heavy atom. The van der Waals surface area contributed by atoms with E-state index in [0.717, 1.165) is 30.6 Å².